The molecule has 1 fully saturated rings. The minimum absolute atomic E-state index is 0.0353. The van der Waals surface area contributed by atoms with E-state index in [0.29, 0.717) is 13.1 Å². The van der Waals surface area contributed by atoms with Gasteiger partial charge in [-0.25, -0.2) is 4.72 Å². The van der Waals surface area contributed by atoms with Crippen molar-refractivity contribution >= 4 is 10.2 Å². The van der Waals surface area contributed by atoms with Crippen LogP contribution in [0, 0.1) is 0 Å². The van der Waals surface area contributed by atoms with Gasteiger partial charge in [-0.05, 0) is 13.8 Å². The predicted octanol–water partition coefficient (Wildman–Crippen LogP) is -0.440. The van der Waals surface area contributed by atoms with Crippen LogP contribution < -0.4 is 4.72 Å². The van der Waals surface area contributed by atoms with Crippen molar-refractivity contribution in [1.29, 1.82) is 0 Å². The highest BCUT2D eigenvalue weighted by Gasteiger charge is 2.29. The molecule has 13 heavy (non-hydrogen) atoms. The fraction of sp³-hybridized carbons (Fsp3) is 1.00. The van der Waals surface area contributed by atoms with Crippen molar-refractivity contribution in [2.45, 2.75) is 26.1 Å². The van der Waals surface area contributed by atoms with E-state index in [1.807, 2.05) is 13.8 Å². The maximum Gasteiger partial charge on any atom is 0.279 e. The zero-order valence-electron chi connectivity index (χ0n) is 8.15. The number of nitrogens with one attached hydrogen (secondary N) is 1. The van der Waals surface area contributed by atoms with E-state index in [4.69, 9.17) is 4.74 Å². The molecule has 1 N–H and O–H groups in total. The van der Waals surface area contributed by atoms with Crippen LogP contribution in [0.1, 0.15) is 13.8 Å². The quantitative estimate of drug-likeness (QED) is 0.669. The first-order chi connectivity index (χ1) is 5.95. The van der Waals surface area contributed by atoms with Crippen LogP contribution in [0.15, 0.2) is 0 Å². The zero-order chi connectivity index (χ0) is 10.1. The Hall–Kier alpha value is -0.170. The molecule has 1 saturated heterocycles. The number of hydrogen-bond donors (Lipinski definition) is 1. The van der Waals surface area contributed by atoms with Crippen LogP contribution in [0.5, 0.6) is 0 Å². The van der Waals surface area contributed by atoms with Crippen LogP contribution in [0.2, 0.25) is 0 Å². The minimum atomic E-state index is -3.28. The summed E-state index contributed by atoms with van der Waals surface area (Å²) < 4.78 is 31.9. The van der Waals surface area contributed by atoms with Gasteiger partial charge in [0, 0.05) is 20.1 Å². The van der Waals surface area contributed by atoms with Crippen molar-refractivity contribution in [3.05, 3.63) is 0 Å². The average Bonchev–Trinajstić information content (AvgIpc) is 2.02. The lowest BCUT2D eigenvalue weighted by Crippen LogP contribution is -2.51. The summed E-state index contributed by atoms with van der Waals surface area (Å²) in [6.07, 6.45) is -0.0706. The summed E-state index contributed by atoms with van der Waals surface area (Å²) in [5, 5.41) is 0. The van der Waals surface area contributed by atoms with Crippen LogP contribution in [-0.2, 0) is 14.9 Å². The maximum atomic E-state index is 11.4. The Kier molecular flexibility index (Phi) is 3.28. The van der Waals surface area contributed by atoms with Crippen molar-refractivity contribution in [2.24, 2.45) is 0 Å². The van der Waals surface area contributed by atoms with Crippen LogP contribution in [0.4, 0.5) is 0 Å². The summed E-state index contributed by atoms with van der Waals surface area (Å²) >= 11 is 0. The van der Waals surface area contributed by atoms with Crippen LogP contribution in [0.25, 0.3) is 0 Å². The molecule has 0 amide bonds. The van der Waals surface area contributed by atoms with E-state index in [-0.39, 0.29) is 12.2 Å². The predicted molar refractivity (Wildman–Crippen MR) is 49.6 cm³/mol. The highest BCUT2D eigenvalue weighted by molar-refractivity contribution is 7.87. The highest BCUT2D eigenvalue weighted by atomic mass is 32.2. The Morgan fingerprint density at radius 3 is 2.15 bits per heavy atom. The number of rotatable bonds is 2. The van der Waals surface area contributed by atoms with Gasteiger partial charge in [0.15, 0.2) is 0 Å². The Morgan fingerprint density at radius 2 is 1.77 bits per heavy atom. The van der Waals surface area contributed by atoms with Gasteiger partial charge in [0.05, 0.1) is 12.2 Å². The fourth-order valence-corrected chi connectivity index (χ4v) is 2.53. The molecule has 0 aliphatic carbocycles. The van der Waals surface area contributed by atoms with E-state index in [1.165, 1.54) is 11.4 Å². The SMILES string of the molecule is CNS(=O)(=O)N1CC(C)OC(C)C1. The Balaban J connectivity index is 2.71. The molecule has 0 spiro atoms. The summed E-state index contributed by atoms with van der Waals surface area (Å²) in [5.41, 5.74) is 0. The van der Waals surface area contributed by atoms with E-state index in [2.05, 4.69) is 4.72 Å². The number of ether oxygens (including phenoxy) is 1. The number of hydrogen-bond acceptors (Lipinski definition) is 3. The van der Waals surface area contributed by atoms with Crippen molar-refractivity contribution in [1.82, 2.24) is 9.03 Å². The molecule has 0 saturated carbocycles. The fourth-order valence-electron chi connectivity index (χ4n) is 1.46. The summed E-state index contributed by atoms with van der Waals surface area (Å²) in [4.78, 5) is 0. The van der Waals surface area contributed by atoms with E-state index in [0.717, 1.165) is 0 Å². The largest absolute Gasteiger partial charge is 0.373 e. The Bertz CT molecular complexity index is 255. The molecule has 0 aromatic carbocycles. The van der Waals surface area contributed by atoms with Gasteiger partial charge in [0.1, 0.15) is 0 Å². The average molecular weight is 208 g/mol. The van der Waals surface area contributed by atoms with Crippen LogP contribution in [0.3, 0.4) is 0 Å². The monoisotopic (exact) mass is 208 g/mol. The molecule has 5 nitrogen and oxygen atoms in total. The Labute approximate surface area is 79.2 Å². The van der Waals surface area contributed by atoms with Gasteiger partial charge in [-0.1, -0.05) is 0 Å². The van der Waals surface area contributed by atoms with Gasteiger partial charge in [0.2, 0.25) is 0 Å². The van der Waals surface area contributed by atoms with Gasteiger partial charge >= 0.3 is 0 Å². The van der Waals surface area contributed by atoms with Gasteiger partial charge < -0.3 is 4.74 Å². The second-order valence-corrected chi connectivity index (χ2v) is 5.16. The summed E-state index contributed by atoms with van der Waals surface area (Å²) in [5.74, 6) is 0. The van der Waals surface area contributed by atoms with E-state index in [9.17, 15) is 8.42 Å². The van der Waals surface area contributed by atoms with Gasteiger partial charge in [-0.2, -0.15) is 12.7 Å². The molecular weight excluding hydrogens is 192 g/mol. The van der Waals surface area contributed by atoms with E-state index < -0.39 is 10.2 Å². The second-order valence-electron chi connectivity index (χ2n) is 3.28. The highest BCUT2D eigenvalue weighted by Crippen LogP contribution is 2.12. The third-order valence-electron chi connectivity index (χ3n) is 1.98. The third kappa shape index (κ3) is 2.63. The summed E-state index contributed by atoms with van der Waals surface area (Å²) in [7, 11) is -1.87. The molecule has 6 heteroatoms. The molecule has 1 rings (SSSR count). The Morgan fingerprint density at radius 1 is 1.31 bits per heavy atom. The van der Waals surface area contributed by atoms with E-state index in [1.54, 1.807) is 0 Å². The standard InChI is InChI=1S/C7H16N2O3S/c1-6-4-9(5-7(2)12-6)13(10,11)8-3/h6-8H,4-5H2,1-3H3. The first-order valence-corrected chi connectivity index (χ1v) is 5.74. The van der Waals surface area contributed by atoms with Gasteiger partial charge in [-0.3, -0.25) is 0 Å². The molecule has 78 valence electrons. The maximum absolute atomic E-state index is 11.4. The summed E-state index contributed by atoms with van der Waals surface area (Å²) in [6, 6.07) is 0. The topological polar surface area (TPSA) is 58.6 Å². The zero-order valence-corrected chi connectivity index (χ0v) is 8.97. The second kappa shape index (κ2) is 3.91. The van der Waals surface area contributed by atoms with Crippen LogP contribution >= 0.6 is 0 Å². The third-order valence-corrected chi connectivity index (χ3v) is 3.48. The lowest BCUT2D eigenvalue weighted by Gasteiger charge is -2.33. The van der Waals surface area contributed by atoms with Crippen molar-refractivity contribution in [3.63, 3.8) is 0 Å². The van der Waals surface area contributed by atoms with Crippen molar-refractivity contribution < 1.29 is 13.2 Å². The van der Waals surface area contributed by atoms with Crippen LogP contribution in [-0.4, -0.2) is 45.1 Å². The molecule has 1 heterocycles. The van der Waals surface area contributed by atoms with Crippen molar-refractivity contribution in [3.8, 4) is 0 Å². The summed E-state index contributed by atoms with van der Waals surface area (Å²) in [6.45, 7) is 4.59. The smallest absolute Gasteiger partial charge is 0.279 e. The van der Waals surface area contributed by atoms with Gasteiger partial charge in [0.25, 0.3) is 10.2 Å². The van der Waals surface area contributed by atoms with E-state index >= 15 is 0 Å². The minimum Gasteiger partial charge on any atom is -0.373 e. The van der Waals surface area contributed by atoms with Gasteiger partial charge in [-0.15, -0.1) is 0 Å². The molecule has 0 radical (unpaired) electrons. The normalized spacial score (nSPS) is 31.9. The molecule has 2 atom stereocenters. The first kappa shape index (κ1) is 10.9. The molecule has 2 unspecified atom stereocenters. The molecule has 0 aromatic heterocycles. The molecule has 0 bridgehead atoms. The lowest BCUT2D eigenvalue weighted by molar-refractivity contribution is -0.0443. The lowest BCUT2D eigenvalue weighted by atomic mass is 10.3. The molecular formula is C7H16N2O3S. The van der Waals surface area contributed by atoms with Crippen molar-refractivity contribution in [2.75, 3.05) is 20.1 Å². The molecule has 1 aliphatic rings. The number of nitrogens with zero attached hydrogens (tertiary/aromatic N) is 1. The first-order valence-electron chi connectivity index (χ1n) is 4.30. The molecule has 1 aliphatic heterocycles. The number of morpholine rings is 1. The molecule has 0 aromatic rings.